The van der Waals surface area contributed by atoms with Gasteiger partial charge in [-0.05, 0) is 35.7 Å². The van der Waals surface area contributed by atoms with Crippen molar-refractivity contribution >= 4 is 17.1 Å². The Labute approximate surface area is 101 Å². The summed E-state index contributed by atoms with van der Waals surface area (Å²) in [4.78, 5) is 14.0. The molecule has 2 atom stereocenters. The van der Waals surface area contributed by atoms with Gasteiger partial charge in [-0.25, -0.2) is 0 Å². The van der Waals surface area contributed by atoms with Gasteiger partial charge in [0, 0.05) is 31.5 Å². The van der Waals surface area contributed by atoms with Gasteiger partial charge in [0.05, 0.1) is 0 Å². The summed E-state index contributed by atoms with van der Waals surface area (Å²) in [5.41, 5.74) is 1.42. The number of Topliss-reactive ketones (excluding diaryl/α,β-unsaturated/α-hetero) is 1. The van der Waals surface area contributed by atoms with Crippen molar-refractivity contribution in [2.45, 2.75) is 32.7 Å². The summed E-state index contributed by atoms with van der Waals surface area (Å²) in [7, 11) is 0. The average Bonchev–Trinajstić information content (AvgIpc) is 2.78. The molecule has 3 heteroatoms. The molecule has 0 spiro atoms. The third kappa shape index (κ3) is 2.53. The van der Waals surface area contributed by atoms with Crippen LogP contribution in [0.4, 0.5) is 0 Å². The fourth-order valence-electron chi connectivity index (χ4n) is 2.29. The summed E-state index contributed by atoms with van der Waals surface area (Å²) in [6, 6.07) is 2.59. The number of ketones is 1. The first kappa shape index (κ1) is 11.8. The lowest BCUT2D eigenvalue weighted by Crippen LogP contribution is -2.47. The van der Waals surface area contributed by atoms with E-state index >= 15 is 0 Å². The van der Waals surface area contributed by atoms with Gasteiger partial charge in [-0.1, -0.05) is 6.92 Å². The summed E-state index contributed by atoms with van der Waals surface area (Å²) in [5.74, 6) is 0.635. The van der Waals surface area contributed by atoms with E-state index in [2.05, 4.69) is 35.6 Å². The van der Waals surface area contributed by atoms with Gasteiger partial charge in [0.25, 0.3) is 0 Å². The maximum Gasteiger partial charge on any atom is 0.138 e. The first-order valence-corrected chi connectivity index (χ1v) is 6.90. The Morgan fingerprint density at radius 1 is 1.50 bits per heavy atom. The van der Waals surface area contributed by atoms with Crippen LogP contribution in [0.3, 0.4) is 0 Å². The molecular formula is C13H19NOS. The normalized spacial score (nSPS) is 27.2. The van der Waals surface area contributed by atoms with Crippen molar-refractivity contribution in [1.29, 1.82) is 0 Å². The number of rotatable bonds is 3. The molecule has 1 saturated heterocycles. The lowest BCUT2D eigenvalue weighted by atomic mass is 9.90. The SMILES string of the molecule is CC1C(=O)CCN(CCc2ccsc2)C1C. The lowest BCUT2D eigenvalue weighted by Gasteiger charge is -2.36. The van der Waals surface area contributed by atoms with Gasteiger partial charge in [-0.2, -0.15) is 11.3 Å². The highest BCUT2D eigenvalue weighted by Gasteiger charge is 2.30. The third-order valence-corrected chi connectivity index (χ3v) is 4.45. The zero-order valence-corrected chi connectivity index (χ0v) is 10.8. The molecule has 1 aromatic rings. The Hall–Kier alpha value is -0.670. The zero-order valence-electron chi connectivity index (χ0n) is 9.98. The van der Waals surface area contributed by atoms with E-state index in [1.165, 1.54) is 5.56 Å². The van der Waals surface area contributed by atoms with Crippen LogP contribution in [0.15, 0.2) is 16.8 Å². The molecule has 0 saturated carbocycles. The minimum Gasteiger partial charge on any atom is -0.299 e. The van der Waals surface area contributed by atoms with E-state index in [1.807, 2.05) is 0 Å². The van der Waals surface area contributed by atoms with E-state index in [0.29, 0.717) is 11.8 Å². The molecule has 2 heterocycles. The Morgan fingerprint density at radius 3 is 3.00 bits per heavy atom. The number of likely N-dealkylation sites (tertiary alicyclic amines) is 1. The summed E-state index contributed by atoms with van der Waals surface area (Å²) < 4.78 is 0. The smallest absolute Gasteiger partial charge is 0.138 e. The quantitative estimate of drug-likeness (QED) is 0.805. The number of carbonyl (C=O) groups is 1. The molecule has 0 radical (unpaired) electrons. The summed E-state index contributed by atoms with van der Waals surface area (Å²) in [6.45, 7) is 6.25. The van der Waals surface area contributed by atoms with Crippen LogP contribution >= 0.6 is 11.3 Å². The number of hydrogen-bond acceptors (Lipinski definition) is 3. The van der Waals surface area contributed by atoms with Crippen LogP contribution in [0.25, 0.3) is 0 Å². The molecule has 0 aromatic carbocycles. The summed E-state index contributed by atoms with van der Waals surface area (Å²) in [5, 5.41) is 4.34. The summed E-state index contributed by atoms with van der Waals surface area (Å²) in [6.07, 6.45) is 1.84. The maximum atomic E-state index is 11.6. The standard InChI is InChI=1S/C13H19NOS/c1-10-11(2)14(7-4-13(10)15)6-3-12-5-8-16-9-12/h5,8-11H,3-4,6-7H2,1-2H3. The Kier molecular flexibility index (Phi) is 3.77. The number of nitrogens with zero attached hydrogens (tertiary/aromatic N) is 1. The van der Waals surface area contributed by atoms with Crippen LogP contribution in [-0.4, -0.2) is 29.8 Å². The molecule has 16 heavy (non-hydrogen) atoms. The van der Waals surface area contributed by atoms with Crippen molar-refractivity contribution < 1.29 is 4.79 Å². The first-order chi connectivity index (χ1) is 7.68. The van der Waals surface area contributed by atoms with Crippen molar-refractivity contribution in [3.05, 3.63) is 22.4 Å². The second-order valence-corrected chi connectivity index (χ2v) is 5.44. The predicted octanol–water partition coefficient (Wildman–Crippen LogP) is 2.59. The number of thiophene rings is 1. The maximum absolute atomic E-state index is 11.6. The van der Waals surface area contributed by atoms with Gasteiger partial charge in [-0.3, -0.25) is 9.69 Å². The lowest BCUT2D eigenvalue weighted by molar-refractivity contribution is -0.127. The van der Waals surface area contributed by atoms with Gasteiger partial charge in [0.15, 0.2) is 0 Å². The zero-order chi connectivity index (χ0) is 11.5. The van der Waals surface area contributed by atoms with Gasteiger partial charge < -0.3 is 0 Å². The van der Waals surface area contributed by atoms with Crippen molar-refractivity contribution in [3.8, 4) is 0 Å². The number of hydrogen-bond donors (Lipinski definition) is 0. The molecule has 2 unspecified atom stereocenters. The highest BCUT2D eigenvalue weighted by Crippen LogP contribution is 2.20. The van der Waals surface area contributed by atoms with E-state index in [-0.39, 0.29) is 5.92 Å². The van der Waals surface area contributed by atoms with Crippen LogP contribution < -0.4 is 0 Å². The molecule has 0 bridgehead atoms. The molecule has 0 aliphatic carbocycles. The van der Waals surface area contributed by atoms with Gasteiger partial charge in [0.1, 0.15) is 5.78 Å². The minimum atomic E-state index is 0.205. The molecule has 1 aliphatic heterocycles. The Balaban J connectivity index is 1.88. The largest absolute Gasteiger partial charge is 0.299 e. The Morgan fingerprint density at radius 2 is 2.31 bits per heavy atom. The first-order valence-electron chi connectivity index (χ1n) is 5.96. The van der Waals surface area contributed by atoms with Gasteiger partial charge in [-0.15, -0.1) is 0 Å². The van der Waals surface area contributed by atoms with Crippen molar-refractivity contribution in [2.24, 2.45) is 5.92 Å². The highest BCUT2D eigenvalue weighted by atomic mass is 32.1. The molecule has 1 aromatic heterocycles. The van der Waals surface area contributed by atoms with Crippen molar-refractivity contribution in [2.75, 3.05) is 13.1 Å². The number of piperidine rings is 1. The topological polar surface area (TPSA) is 20.3 Å². The van der Waals surface area contributed by atoms with Crippen LogP contribution in [0.1, 0.15) is 25.8 Å². The Bertz CT molecular complexity index is 347. The van der Waals surface area contributed by atoms with Crippen molar-refractivity contribution in [3.63, 3.8) is 0 Å². The third-order valence-electron chi connectivity index (χ3n) is 3.72. The summed E-state index contributed by atoms with van der Waals surface area (Å²) >= 11 is 1.76. The van der Waals surface area contributed by atoms with Gasteiger partial charge in [0.2, 0.25) is 0 Å². The fraction of sp³-hybridized carbons (Fsp3) is 0.615. The number of carbonyl (C=O) groups excluding carboxylic acids is 1. The molecule has 0 N–H and O–H groups in total. The van der Waals surface area contributed by atoms with Crippen LogP contribution in [0, 0.1) is 5.92 Å². The van der Waals surface area contributed by atoms with E-state index in [9.17, 15) is 4.79 Å². The fourth-order valence-corrected chi connectivity index (χ4v) is 3.00. The van der Waals surface area contributed by atoms with E-state index in [1.54, 1.807) is 11.3 Å². The molecule has 2 nitrogen and oxygen atoms in total. The molecule has 0 amide bonds. The second kappa shape index (κ2) is 5.11. The van der Waals surface area contributed by atoms with Crippen LogP contribution in [0.5, 0.6) is 0 Å². The highest BCUT2D eigenvalue weighted by molar-refractivity contribution is 7.07. The van der Waals surface area contributed by atoms with Gasteiger partial charge >= 0.3 is 0 Å². The molecule has 1 fully saturated rings. The monoisotopic (exact) mass is 237 g/mol. The molecule has 2 rings (SSSR count). The molecule has 1 aliphatic rings. The average molecular weight is 237 g/mol. The molecule has 88 valence electrons. The molecular weight excluding hydrogens is 218 g/mol. The minimum absolute atomic E-state index is 0.205. The van der Waals surface area contributed by atoms with Crippen molar-refractivity contribution in [1.82, 2.24) is 4.90 Å². The van der Waals surface area contributed by atoms with E-state index < -0.39 is 0 Å². The predicted molar refractivity (Wildman–Crippen MR) is 67.8 cm³/mol. The van der Waals surface area contributed by atoms with Crippen LogP contribution in [0.2, 0.25) is 0 Å². The van der Waals surface area contributed by atoms with E-state index in [0.717, 1.165) is 25.9 Å². The second-order valence-electron chi connectivity index (χ2n) is 4.66. The van der Waals surface area contributed by atoms with E-state index in [4.69, 9.17) is 0 Å². The van der Waals surface area contributed by atoms with Crippen LogP contribution in [-0.2, 0) is 11.2 Å².